The number of para-hydroxylation sites is 1. The van der Waals surface area contributed by atoms with Crippen molar-refractivity contribution in [3.05, 3.63) is 42.1 Å². The number of amides is 1. The number of anilines is 1. The van der Waals surface area contributed by atoms with Crippen molar-refractivity contribution >= 4 is 11.9 Å². The lowest BCUT2D eigenvalue weighted by Gasteiger charge is -2.19. The molecule has 0 radical (unpaired) electrons. The maximum Gasteiger partial charge on any atom is 0.413 e. The van der Waals surface area contributed by atoms with Crippen LogP contribution < -0.4 is 10.6 Å². The fraction of sp³-hybridized carbons (Fsp3) is 0.375. The third kappa shape index (κ3) is 4.54. The number of aliphatic hydroxyl groups excluding tert-OH is 1. The average Bonchev–Trinajstić information content (AvgIpc) is 2.89. The topological polar surface area (TPSA) is 88.4 Å². The molecule has 0 aliphatic carbocycles. The van der Waals surface area contributed by atoms with Crippen LogP contribution in [0.4, 0.5) is 10.6 Å². The molecule has 7 nitrogen and oxygen atoms in total. The van der Waals surface area contributed by atoms with E-state index in [0.29, 0.717) is 11.5 Å². The van der Waals surface area contributed by atoms with Crippen LogP contribution in [-0.2, 0) is 4.74 Å². The van der Waals surface area contributed by atoms with Gasteiger partial charge in [-0.15, -0.1) is 0 Å². The van der Waals surface area contributed by atoms with Crippen molar-refractivity contribution in [3.63, 3.8) is 0 Å². The van der Waals surface area contributed by atoms with Crippen molar-refractivity contribution in [2.75, 3.05) is 12.4 Å². The predicted octanol–water partition coefficient (Wildman–Crippen LogP) is 2.43. The summed E-state index contributed by atoms with van der Waals surface area (Å²) in [5.41, 5.74) is 0.546. The van der Waals surface area contributed by atoms with E-state index in [4.69, 9.17) is 4.74 Å². The number of benzene rings is 1. The average molecular weight is 318 g/mol. The van der Waals surface area contributed by atoms with Crippen molar-refractivity contribution in [1.29, 1.82) is 0 Å². The number of hydrogen-bond acceptors (Lipinski definition) is 5. The van der Waals surface area contributed by atoms with Crippen LogP contribution in [0.15, 0.2) is 36.4 Å². The van der Waals surface area contributed by atoms with Crippen molar-refractivity contribution in [2.24, 2.45) is 0 Å². The van der Waals surface area contributed by atoms with Crippen LogP contribution in [0.3, 0.4) is 0 Å². The summed E-state index contributed by atoms with van der Waals surface area (Å²) in [5.74, 6) is 0.412. The molecule has 0 fully saturated rings. The van der Waals surface area contributed by atoms with Gasteiger partial charge in [-0.25, -0.2) is 9.48 Å². The number of rotatable bonds is 4. The van der Waals surface area contributed by atoms with Crippen LogP contribution in [0.2, 0.25) is 0 Å². The second kappa shape index (κ2) is 6.80. The van der Waals surface area contributed by atoms with Gasteiger partial charge in [-0.2, -0.15) is 5.10 Å². The molecule has 1 atom stereocenters. The maximum absolute atomic E-state index is 12.0. The molecule has 2 rings (SSSR count). The molecule has 124 valence electrons. The largest absolute Gasteiger partial charge is 0.444 e. The van der Waals surface area contributed by atoms with E-state index in [1.54, 1.807) is 38.6 Å². The van der Waals surface area contributed by atoms with Gasteiger partial charge in [-0.1, -0.05) is 18.2 Å². The van der Waals surface area contributed by atoms with Crippen LogP contribution >= 0.6 is 0 Å². The van der Waals surface area contributed by atoms with Gasteiger partial charge in [-0.3, -0.25) is 10.6 Å². The van der Waals surface area contributed by atoms with Gasteiger partial charge in [0.15, 0.2) is 0 Å². The highest BCUT2D eigenvalue weighted by atomic mass is 16.6. The van der Waals surface area contributed by atoms with Gasteiger partial charge in [0.25, 0.3) is 0 Å². The summed E-state index contributed by atoms with van der Waals surface area (Å²) in [6.07, 6.45) is -1.51. The Labute approximate surface area is 135 Å². The molecule has 23 heavy (non-hydrogen) atoms. The molecule has 1 heterocycles. The zero-order valence-electron chi connectivity index (χ0n) is 13.7. The summed E-state index contributed by atoms with van der Waals surface area (Å²) in [7, 11) is 1.62. The highest BCUT2D eigenvalue weighted by molar-refractivity contribution is 5.84. The van der Waals surface area contributed by atoms with Crippen LogP contribution in [-0.4, -0.2) is 33.6 Å². The first-order chi connectivity index (χ1) is 10.8. The number of carbonyl (C=O) groups excluding carboxylic acids is 1. The minimum absolute atomic E-state index is 0.391. The fourth-order valence-corrected chi connectivity index (χ4v) is 1.94. The molecule has 0 spiro atoms. The lowest BCUT2D eigenvalue weighted by molar-refractivity contribution is 0.0635. The van der Waals surface area contributed by atoms with Crippen LogP contribution in [0, 0.1) is 0 Å². The molecule has 1 aromatic heterocycles. The molecule has 0 saturated heterocycles. The Bertz CT molecular complexity index is 662. The first-order valence-corrected chi connectivity index (χ1v) is 7.31. The van der Waals surface area contributed by atoms with Gasteiger partial charge < -0.3 is 9.84 Å². The quantitative estimate of drug-likeness (QED) is 0.754. The zero-order chi connectivity index (χ0) is 17.0. The molecule has 1 unspecified atom stereocenters. The van der Waals surface area contributed by atoms with Crippen molar-refractivity contribution < 1.29 is 14.6 Å². The van der Waals surface area contributed by atoms with Gasteiger partial charge in [0.05, 0.1) is 5.69 Å². The summed E-state index contributed by atoms with van der Waals surface area (Å²) in [4.78, 5) is 12.0. The Morgan fingerprint density at radius 1 is 1.30 bits per heavy atom. The third-order valence-corrected chi connectivity index (χ3v) is 2.91. The molecule has 3 N–H and O–H groups in total. The Kier molecular flexibility index (Phi) is 5.02. The lowest BCUT2D eigenvalue weighted by Crippen LogP contribution is -2.27. The Hall–Kier alpha value is -2.38. The van der Waals surface area contributed by atoms with Gasteiger partial charge in [0.2, 0.25) is 0 Å². The first-order valence-electron chi connectivity index (χ1n) is 7.31. The van der Waals surface area contributed by atoms with E-state index < -0.39 is 17.9 Å². The van der Waals surface area contributed by atoms with Crippen molar-refractivity contribution in [1.82, 2.24) is 15.1 Å². The van der Waals surface area contributed by atoms with Gasteiger partial charge in [0, 0.05) is 6.07 Å². The Balaban J connectivity index is 2.33. The number of nitrogens with one attached hydrogen (secondary N) is 2. The smallest absolute Gasteiger partial charge is 0.413 e. The summed E-state index contributed by atoms with van der Waals surface area (Å²) in [6.45, 7) is 5.37. The predicted molar refractivity (Wildman–Crippen MR) is 87.4 cm³/mol. The summed E-state index contributed by atoms with van der Waals surface area (Å²) in [5, 5.41) is 19.6. The van der Waals surface area contributed by atoms with Crippen LogP contribution in [0.25, 0.3) is 5.69 Å². The standard InChI is InChI=1S/C16H22N4O3/c1-16(2,3)23-15(22)18-13-10-12(14(21)17-4)19-20(13)11-8-6-5-7-9-11/h5-10,14,17,21H,1-4H3,(H,18,22). The molecule has 0 aliphatic rings. The zero-order valence-corrected chi connectivity index (χ0v) is 13.7. The minimum Gasteiger partial charge on any atom is -0.444 e. The van der Waals surface area contributed by atoms with Crippen LogP contribution in [0.5, 0.6) is 0 Å². The Morgan fingerprint density at radius 3 is 2.52 bits per heavy atom. The van der Waals surface area contributed by atoms with E-state index in [1.807, 2.05) is 30.3 Å². The van der Waals surface area contributed by atoms with Gasteiger partial charge in [-0.05, 0) is 40.0 Å². The van der Waals surface area contributed by atoms with E-state index >= 15 is 0 Å². The van der Waals surface area contributed by atoms with E-state index in [1.165, 1.54) is 0 Å². The molecule has 7 heteroatoms. The highest BCUT2D eigenvalue weighted by Gasteiger charge is 2.20. The SMILES string of the molecule is CNC(O)c1cc(NC(=O)OC(C)(C)C)n(-c2ccccc2)n1. The molecular formula is C16H22N4O3. The second-order valence-electron chi connectivity index (χ2n) is 6.02. The molecule has 0 saturated carbocycles. The number of carbonyl (C=O) groups is 1. The number of aromatic nitrogens is 2. The molecule has 0 aliphatic heterocycles. The summed E-state index contributed by atoms with van der Waals surface area (Å²) in [6, 6.07) is 10.9. The highest BCUT2D eigenvalue weighted by Crippen LogP contribution is 2.21. The van der Waals surface area contributed by atoms with Gasteiger partial charge in [0.1, 0.15) is 23.3 Å². The lowest BCUT2D eigenvalue weighted by atomic mass is 10.2. The summed E-state index contributed by atoms with van der Waals surface area (Å²) >= 11 is 0. The second-order valence-corrected chi connectivity index (χ2v) is 6.02. The van der Waals surface area contributed by atoms with Crippen LogP contribution in [0.1, 0.15) is 32.7 Å². The minimum atomic E-state index is -0.931. The number of ether oxygens (including phenoxy) is 1. The molecule has 1 aromatic carbocycles. The maximum atomic E-state index is 12.0. The molecule has 1 amide bonds. The molecule has 0 bridgehead atoms. The molecule has 2 aromatic rings. The Morgan fingerprint density at radius 2 is 1.96 bits per heavy atom. The van der Waals surface area contributed by atoms with E-state index in [0.717, 1.165) is 5.69 Å². The summed E-state index contributed by atoms with van der Waals surface area (Å²) < 4.78 is 6.80. The van der Waals surface area contributed by atoms with Gasteiger partial charge >= 0.3 is 6.09 Å². The normalized spacial score (nSPS) is 12.7. The molecular weight excluding hydrogens is 296 g/mol. The van der Waals surface area contributed by atoms with E-state index in [-0.39, 0.29) is 0 Å². The fourth-order valence-electron chi connectivity index (χ4n) is 1.94. The van der Waals surface area contributed by atoms with E-state index in [9.17, 15) is 9.90 Å². The number of aliphatic hydroxyl groups is 1. The number of nitrogens with zero attached hydrogens (tertiary/aromatic N) is 2. The number of hydrogen-bond donors (Lipinski definition) is 3. The first kappa shape index (κ1) is 17.0. The van der Waals surface area contributed by atoms with Crippen molar-refractivity contribution in [3.8, 4) is 5.69 Å². The van der Waals surface area contributed by atoms with Crippen molar-refractivity contribution in [2.45, 2.75) is 32.6 Å². The van der Waals surface area contributed by atoms with E-state index in [2.05, 4.69) is 15.7 Å². The monoisotopic (exact) mass is 318 g/mol. The third-order valence-electron chi connectivity index (χ3n) is 2.91.